The summed E-state index contributed by atoms with van der Waals surface area (Å²) in [6.45, 7) is 3.83. The number of hydrogen-bond donors (Lipinski definition) is 2. The van der Waals surface area contributed by atoms with Gasteiger partial charge in [0.1, 0.15) is 12.3 Å². The lowest BCUT2D eigenvalue weighted by atomic mass is 10.2. The van der Waals surface area contributed by atoms with Crippen molar-refractivity contribution in [3.8, 4) is 0 Å². The number of carbonyl (C=O) groups excluding carboxylic acids is 1. The number of nitrogens with one attached hydrogen (secondary N) is 1. The number of aliphatic hydroxyl groups excluding tert-OH is 1. The lowest BCUT2D eigenvalue weighted by molar-refractivity contribution is -0.143. The molecule has 2 N–H and O–H groups in total. The van der Waals surface area contributed by atoms with Crippen LogP contribution in [0.5, 0.6) is 0 Å². The van der Waals surface area contributed by atoms with E-state index in [0.717, 1.165) is 44.9 Å². The van der Waals surface area contributed by atoms with Crippen LogP contribution in [-0.4, -0.2) is 30.5 Å². The molecular formula is C24H39NO3. The smallest absolute Gasteiger partial charge is 0.322 e. The Morgan fingerprint density at radius 1 is 0.893 bits per heavy atom. The quantitative estimate of drug-likeness (QED) is 0.161. The van der Waals surface area contributed by atoms with Crippen molar-refractivity contribution >= 4 is 5.97 Å². The molecular weight excluding hydrogens is 350 g/mol. The maximum atomic E-state index is 11.3. The third-order valence-corrected chi connectivity index (χ3v) is 4.00. The van der Waals surface area contributed by atoms with Gasteiger partial charge in [-0.15, -0.1) is 0 Å². The predicted molar refractivity (Wildman–Crippen MR) is 119 cm³/mol. The number of rotatable bonds is 16. The van der Waals surface area contributed by atoms with Crippen LogP contribution in [-0.2, 0) is 9.53 Å². The highest BCUT2D eigenvalue weighted by Gasteiger charge is 2.15. The average molecular weight is 390 g/mol. The van der Waals surface area contributed by atoms with Gasteiger partial charge in [-0.25, -0.2) is 0 Å². The van der Waals surface area contributed by atoms with Gasteiger partial charge in [0.25, 0.3) is 0 Å². The first kappa shape index (κ1) is 26.1. The highest BCUT2D eigenvalue weighted by atomic mass is 16.5. The van der Waals surface area contributed by atoms with E-state index in [9.17, 15) is 9.90 Å². The maximum Gasteiger partial charge on any atom is 0.322 e. The van der Waals surface area contributed by atoms with E-state index in [4.69, 9.17) is 0 Å². The van der Waals surface area contributed by atoms with Gasteiger partial charge in [-0.2, -0.15) is 0 Å². The minimum absolute atomic E-state index is 0.364. The summed E-state index contributed by atoms with van der Waals surface area (Å²) >= 11 is 0. The number of hydrogen-bond acceptors (Lipinski definition) is 4. The minimum atomic E-state index is -0.683. The number of esters is 1. The molecule has 0 aliphatic rings. The van der Waals surface area contributed by atoms with Crippen molar-refractivity contribution in [3.05, 3.63) is 60.8 Å². The standard InChI is InChI=1S/C24H39NO3/c1-4-5-6-7-8-9-10-11-12-13-14-15-16-17-18-19-20-21-23(26)25-22(2)24(27)28-3/h5-6,8-9,11-12,14-15,17-18,22-23,25-26H,4,7,10,13,16,19-21H2,1-3H3/b6-5-,9-8-,12-11-,15-14-,18-17-/t22-,23?/m0/s1. The van der Waals surface area contributed by atoms with Crippen LogP contribution in [0, 0.1) is 0 Å². The molecule has 0 aromatic heterocycles. The lowest BCUT2D eigenvalue weighted by Gasteiger charge is -2.16. The van der Waals surface area contributed by atoms with E-state index in [0.29, 0.717) is 6.42 Å². The molecule has 1 unspecified atom stereocenters. The highest BCUT2D eigenvalue weighted by Crippen LogP contribution is 2.02. The van der Waals surface area contributed by atoms with Crippen molar-refractivity contribution in [2.75, 3.05) is 7.11 Å². The largest absolute Gasteiger partial charge is 0.468 e. The summed E-state index contributed by atoms with van der Waals surface area (Å²) in [6.07, 6.45) is 28.5. The summed E-state index contributed by atoms with van der Waals surface area (Å²) in [5.74, 6) is -0.364. The molecule has 0 aliphatic carbocycles. The van der Waals surface area contributed by atoms with Gasteiger partial charge in [0.15, 0.2) is 0 Å². The van der Waals surface area contributed by atoms with Crippen LogP contribution in [0.4, 0.5) is 0 Å². The first-order chi connectivity index (χ1) is 13.6. The second-order valence-electron chi connectivity index (χ2n) is 6.57. The topological polar surface area (TPSA) is 58.6 Å². The Balaban J connectivity index is 3.62. The van der Waals surface area contributed by atoms with Gasteiger partial charge in [0.05, 0.1) is 7.11 Å². The molecule has 0 heterocycles. The van der Waals surface area contributed by atoms with Gasteiger partial charge < -0.3 is 9.84 Å². The van der Waals surface area contributed by atoms with E-state index in [-0.39, 0.29) is 5.97 Å². The Bertz CT molecular complexity index is 518. The zero-order chi connectivity index (χ0) is 20.9. The molecule has 28 heavy (non-hydrogen) atoms. The molecule has 2 atom stereocenters. The van der Waals surface area contributed by atoms with E-state index in [1.165, 1.54) is 7.11 Å². The molecule has 4 heteroatoms. The molecule has 0 aromatic carbocycles. The second-order valence-corrected chi connectivity index (χ2v) is 6.57. The van der Waals surface area contributed by atoms with Gasteiger partial charge in [-0.3, -0.25) is 10.1 Å². The highest BCUT2D eigenvalue weighted by molar-refractivity contribution is 5.75. The number of ether oxygens (including phenoxy) is 1. The minimum Gasteiger partial charge on any atom is -0.468 e. The normalized spacial score (nSPS) is 14.9. The van der Waals surface area contributed by atoms with E-state index in [1.54, 1.807) is 6.92 Å². The fourth-order valence-corrected chi connectivity index (χ4v) is 2.41. The third kappa shape index (κ3) is 17.5. The monoisotopic (exact) mass is 389 g/mol. The van der Waals surface area contributed by atoms with Crippen LogP contribution in [0.3, 0.4) is 0 Å². The van der Waals surface area contributed by atoms with Crippen molar-refractivity contribution in [1.29, 1.82) is 0 Å². The Labute approximate surface area is 171 Å². The zero-order valence-electron chi connectivity index (χ0n) is 17.8. The number of carbonyl (C=O) groups is 1. The summed E-state index contributed by atoms with van der Waals surface area (Å²) in [4.78, 5) is 11.3. The van der Waals surface area contributed by atoms with E-state index < -0.39 is 12.3 Å². The van der Waals surface area contributed by atoms with Crippen LogP contribution < -0.4 is 5.32 Å². The average Bonchev–Trinajstić information content (AvgIpc) is 2.69. The molecule has 0 amide bonds. The number of unbranched alkanes of at least 4 members (excludes halogenated alkanes) is 1. The van der Waals surface area contributed by atoms with Crippen LogP contribution in [0.25, 0.3) is 0 Å². The molecule has 0 spiro atoms. The van der Waals surface area contributed by atoms with Crippen molar-refractivity contribution in [2.24, 2.45) is 0 Å². The van der Waals surface area contributed by atoms with Crippen LogP contribution >= 0.6 is 0 Å². The Morgan fingerprint density at radius 2 is 1.36 bits per heavy atom. The number of aliphatic hydroxyl groups is 1. The van der Waals surface area contributed by atoms with Crippen molar-refractivity contribution < 1.29 is 14.6 Å². The first-order valence-electron chi connectivity index (χ1n) is 10.4. The van der Waals surface area contributed by atoms with E-state index in [2.05, 4.69) is 77.7 Å². The molecule has 4 nitrogen and oxygen atoms in total. The molecule has 0 bridgehead atoms. The van der Waals surface area contributed by atoms with Gasteiger partial charge in [-0.1, -0.05) is 67.7 Å². The molecule has 0 saturated heterocycles. The van der Waals surface area contributed by atoms with Crippen molar-refractivity contribution in [2.45, 2.75) is 77.5 Å². The summed E-state index contributed by atoms with van der Waals surface area (Å²) in [6, 6.07) is -0.492. The maximum absolute atomic E-state index is 11.3. The van der Waals surface area contributed by atoms with Gasteiger partial charge >= 0.3 is 5.97 Å². The molecule has 0 saturated carbocycles. The van der Waals surface area contributed by atoms with Crippen LogP contribution in [0.2, 0.25) is 0 Å². The van der Waals surface area contributed by atoms with Gasteiger partial charge in [0, 0.05) is 0 Å². The summed E-state index contributed by atoms with van der Waals surface area (Å²) in [5, 5.41) is 12.6. The van der Waals surface area contributed by atoms with Gasteiger partial charge in [-0.05, 0) is 58.3 Å². The summed E-state index contributed by atoms with van der Waals surface area (Å²) in [7, 11) is 1.34. The Kier molecular flexibility index (Phi) is 18.5. The number of methoxy groups -OCH3 is 1. The molecule has 0 rings (SSSR count). The lowest BCUT2D eigenvalue weighted by Crippen LogP contribution is -2.41. The molecule has 0 fully saturated rings. The van der Waals surface area contributed by atoms with E-state index >= 15 is 0 Å². The van der Waals surface area contributed by atoms with Gasteiger partial charge in [0.2, 0.25) is 0 Å². The van der Waals surface area contributed by atoms with Crippen molar-refractivity contribution in [3.63, 3.8) is 0 Å². The Hall–Kier alpha value is -1.91. The first-order valence-corrected chi connectivity index (χ1v) is 10.4. The van der Waals surface area contributed by atoms with E-state index in [1.807, 2.05) is 0 Å². The second kappa shape index (κ2) is 19.8. The SMILES string of the molecule is CC/C=C\C/C=C\C/C=C\C/C=C\C/C=C\CCCC(O)N[C@@H](C)C(=O)OC. The summed E-state index contributed by atoms with van der Waals surface area (Å²) in [5.41, 5.74) is 0. The van der Waals surface area contributed by atoms with Crippen LogP contribution in [0.1, 0.15) is 65.2 Å². The summed E-state index contributed by atoms with van der Waals surface area (Å²) < 4.78 is 4.61. The fourth-order valence-electron chi connectivity index (χ4n) is 2.41. The third-order valence-electron chi connectivity index (χ3n) is 4.00. The molecule has 158 valence electrons. The number of allylic oxidation sites excluding steroid dienone is 10. The van der Waals surface area contributed by atoms with Crippen molar-refractivity contribution in [1.82, 2.24) is 5.32 Å². The Morgan fingerprint density at radius 3 is 1.82 bits per heavy atom. The molecule has 0 radical (unpaired) electrons. The molecule has 0 aromatic rings. The molecule has 0 aliphatic heterocycles. The fraction of sp³-hybridized carbons (Fsp3) is 0.542. The zero-order valence-corrected chi connectivity index (χ0v) is 17.8. The van der Waals surface area contributed by atoms with Crippen LogP contribution in [0.15, 0.2) is 60.8 Å². The predicted octanol–water partition coefficient (Wildman–Crippen LogP) is 5.38.